The van der Waals surface area contributed by atoms with Crippen LogP contribution >= 0.6 is 11.3 Å². The van der Waals surface area contributed by atoms with Gasteiger partial charge in [0.05, 0.1) is 21.4 Å². The summed E-state index contributed by atoms with van der Waals surface area (Å²) in [6, 6.07) is 8.86. The Morgan fingerprint density at radius 1 is 1.06 bits per heavy atom. The van der Waals surface area contributed by atoms with Crippen molar-refractivity contribution in [3.8, 4) is 0 Å². The average molecular weight is 464 g/mol. The predicted molar refractivity (Wildman–Crippen MR) is 113 cm³/mol. The fraction of sp³-hybridized carbons (Fsp3) is 0.333. The molecule has 2 aromatic rings. The summed E-state index contributed by atoms with van der Waals surface area (Å²) in [6.07, 6.45) is 0.528. The number of ketones is 1. The summed E-state index contributed by atoms with van der Waals surface area (Å²) in [5.41, 5.74) is 0.344. The first-order valence-corrected chi connectivity index (χ1v) is 12.2. The van der Waals surface area contributed by atoms with Crippen molar-refractivity contribution in [3.63, 3.8) is 0 Å². The van der Waals surface area contributed by atoms with Gasteiger partial charge in [-0.1, -0.05) is 6.07 Å². The van der Waals surface area contributed by atoms with Crippen molar-refractivity contribution in [2.45, 2.75) is 30.6 Å². The first-order valence-electron chi connectivity index (χ1n) is 9.66. The molecule has 2 amide bonds. The Labute approximate surface area is 183 Å². The van der Waals surface area contributed by atoms with Crippen LogP contribution in [-0.4, -0.2) is 54.3 Å². The van der Waals surface area contributed by atoms with Gasteiger partial charge in [-0.3, -0.25) is 24.1 Å². The molecule has 2 heterocycles. The van der Waals surface area contributed by atoms with Crippen molar-refractivity contribution >= 4 is 44.7 Å². The molecule has 1 aromatic heterocycles. The topological polar surface area (TPSA) is 126 Å². The molecule has 1 N–H and O–H groups in total. The first kappa shape index (κ1) is 22.8. The number of hydrogen-bond donors (Lipinski definition) is 1. The van der Waals surface area contributed by atoms with Gasteiger partial charge >= 0.3 is 5.97 Å². The summed E-state index contributed by atoms with van der Waals surface area (Å²) >= 11 is 1.29. The maximum atomic E-state index is 12.7. The zero-order valence-corrected chi connectivity index (χ0v) is 18.2. The normalized spacial score (nSPS) is 15.3. The zero-order chi connectivity index (χ0) is 22.6. The number of carboxylic acid groups (broad SMARTS) is 1. The van der Waals surface area contributed by atoms with E-state index in [1.54, 1.807) is 17.5 Å². The number of carboxylic acids is 1. The number of carbonyl (C=O) groups is 4. The molecule has 1 atom stereocenters. The van der Waals surface area contributed by atoms with E-state index in [9.17, 15) is 32.7 Å². The SMILES string of the molecule is O=C(c1ccc(S(=O)(=O)CC(CCCN2C(=O)CCC2=O)C(=O)O)cc1)c1cccs1. The Hall–Kier alpha value is -2.85. The predicted octanol–water partition coefficient (Wildman–Crippen LogP) is 2.38. The third kappa shape index (κ3) is 5.45. The Balaban J connectivity index is 1.64. The fourth-order valence-corrected chi connectivity index (χ4v) is 5.64. The minimum atomic E-state index is -3.91. The average Bonchev–Trinajstić information content (AvgIpc) is 3.38. The van der Waals surface area contributed by atoms with Crippen LogP contribution in [-0.2, 0) is 24.2 Å². The van der Waals surface area contributed by atoms with E-state index < -0.39 is 27.5 Å². The summed E-state index contributed by atoms with van der Waals surface area (Å²) in [5, 5.41) is 11.2. The second kappa shape index (κ2) is 9.52. The lowest BCUT2D eigenvalue weighted by molar-refractivity contribution is -0.141. The van der Waals surface area contributed by atoms with Gasteiger partial charge in [-0.25, -0.2) is 8.42 Å². The van der Waals surface area contributed by atoms with Crippen LogP contribution < -0.4 is 0 Å². The molecule has 164 valence electrons. The van der Waals surface area contributed by atoms with Crippen molar-refractivity contribution < 1.29 is 32.7 Å². The van der Waals surface area contributed by atoms with Gasteiger partial charge in [-0.15, -0.1) is 11.3 Å². The number of thiophene rings is 1. The van der Waals surface area contributed by atoms with E-state index in [4.69, 9.17) is 0 Å². The van der Waals surface area contributed by atoms with Crippen molar-refractivity contribution in [1.82, 2.24) is 4.90 Å². The van der Waals surface area contributed by atoms with Gasteiger partial charge < -0.3 is 5.11 Å². The summed E-state index contributed by atoms with van der Waals surface area (Å²) in [6.45, 7) is 0.0843. The number of amides is 2. The summed E-state index contributed by atoms with van der Waals surface area (Å²) in [5.74, 6) is -3.84. The molecule has 0 spiro atoms. The van der Waals surface area contributed by atoms with E-state index >= 15 is 0 Å². The molecule has 8 nitrogen and oxygen atoms in total. The molecular weight excluding hydrogens is 442 g/mol. The van der Waals surface area contributed by atoms with Gasteiger partial charge in [0, 0.05) is 24.9 Å². The molecule has 10 heteroatoms. The number of nitrogens with zero attached hydrogens (tertiary/aromatic N) is 1. The Bertz CT molecular complexity index is 1070. The van der Waals surface area contributed by atoms with Crippen LogP contribution in [0.3, 0.4) is 0 Å². The Kier molecular flexibility index (Phi) is 7.01. The molecule has 1 fully saturated rings. The lowest BCUT2D eigenvalue weighted by atomic mass is 10.1. The number of hydrogen-bond acceptors (Lipinski definition) is 7. The van der Waals surface area contributed by atoms with Crippen LogP contribution in [0.15, 0.2) is 46.7 Å². The highest BCUT2D eigenvalue weighted by Crippen LogP contribution is 2.21. The van der Waals surface area contributed by atoms with E-state index in [0.29, 0.717) is 10.4 Å². The second-order valence-corrected chi connectivity index (χ2v) is 10.2. The Morgan fingerprint density at radius 2 is 1.71 bits per heavy atom. The molecule has 0 saturated carbocycles. The molecule has 0 bridgehead atoms. The second-order valence-electron chi connectivity index (χ2n) is 7.23. The van der Waals surface area contributed by atoms with Gasteiger partial charge in [0.2, 0.25) is 17.6 Å². The minimum Gasteiger partial charge on any atom is -0.481 e. The molecule has 1 aliphatic heterocycles. The van der Waals surface area contributed by atoms with E-state index in [0.717, 1.165) is 4.90 Å². The highest BCUT2D eigenvalue weighted by Gasteiger charge is 2.30. The van der Waals surface area contributed by atoms with Crippen molar-refractivity contribution in [2.75, 3.05) is 12.3 Å². The van der Waals surface area contributed by atoms with E-state index in [2.05, 4.69) is 0 Å². The molecule has 1 saturated heterocycles. The van der Waals surface area contributed by atoms with Crippen LogP contribution in [0.25, 0.3) is 0 Å². The van der Waals surface area contributed by atoms with Gasteiger partial charge in [0.1, 0.15) is 0 Å². The van der Waals surface area contributed by atoms with Gasteiger partial charge in [0.15, 0.2) is 9.84 Å². The van der Waals surface area contributed by atoms with Crippen LogP contribution in [0.1, 0.15) is 40.9 Å². The molecule has 1 aliphatic rings. The quantitative estimate of drug-likeness (QED) is 0.423. The maximum absolute atomic E-state index is 12.7. The zero-order valence-electron chi connectivity index (χ0n) is 16.5. The van der Waals surface area contributed by atoms with Crippen LogP contribution in [0.5, 0.6) is 0 Å². The van der Waals surface area contributed by atoms with E-state index in [1.165, 1.54) is 35.6 Å². The first-order chi connectivity index (χ1) is 14.7. The monoisotopic (exact) mass is 463 g/mol. The molecule has 0 aliphatic carbocycles. The molecule has 0 radical (unpaired) electrons. The number of rotatable bonds is 10. The molecule has 31 heavy (non-hydrogen) atoms. The lowest BCUT2D eigenvalue weighted by Gasteiger charge is -2.16. The van der Waals surface area contributed by atoms with Crippen LogP contribution in [0, 0.1) is 5.92 Å². The number of carbonyl (C=O) groups excluding carboxylic acids is 3. The number of likely N-dealkylation sites (tertiary alicyclic amines) is 1. The van der Waals surface area contributed by atoms with Gasteiger partial charge in [0.25, 0.3) is 0 Å². The van der Waals surface area contributed by atoms with Gasteiger partial charge in [-0.05, 0) is 48.6 Å². The van der Waals surface area contributed by atoms with Crippen molar-refractivity contribution in [3.05, 3.63) is 52.2 Å². The smallest absolute Gasteiger partial charge is 0.307 e. The summed E-state index contributed by atoms with van der Waals surface area (Å²) in [4.78, 5) is 48.7. The maximum Gasteiger partial charge on any atom is 0.307 e. The van der Waals surface area contributed by atoms with E-state index in [-0.39, 0.29) is 54.7 Å². The van der Waals surface area contributed by atoms with Crippen LogP contribution in [0.4, 0.5) is 0 Å². The molecule has 1 aromatic carbocycles. The Morgan fingerprint density at radius 3 is 2.26 bits per heavy atom. The van der Waals surface area contributed by atoms with E-state index in [1.807, 2.05) is 0 Å². The van der Waals surface area contributed by atoms with Crippen LogP contribution in [0.2, 0.25) is 0 Å². The van der Waals surface area contributed by atoms with Crippen molar-refractivity contribution in [2.24, 2.45) is 5.92 Å². The highest BCUT2D eigenvalue weighted by atomic mass is 32.2. The molecular formula is C21H21NO7S2. The number of benzene rings is 1. The van der Waals surface area contributed by atoms with Crippen molar-refractivity contribution in [1.29, 1.82) is 0 Å². The summed E-state index contributed by atoms with van der Waals surface area (Å²) in [7, 11) is -3.91. The third-order valence-electron chi connectivity index (χ3n) is 5.08. The lowest BCUT2D eigenvalue weighted by Crippen LogP contribution is -2.31. The fourth-order valence-electron chi connectivity index (χ4n) is 3.37. The highest BCUT2D eigenvalue weighted by molar-refractivity contribution is 7.91. The number of imide groups is 1. The number of aliphatic carboxylic acids is 1. The van der Waals surface area contributed by atoms with Gasteiger partial charge in [-0.2, -0.15) is 0 Å². The molecule has 1 unspecified atom stereocenters. The standard InChI is InChI=1S/C21H21NO7S2/c23-18-9-10-19(24)22(18)11-1-3-15(21(26)27)13-31(28,29)16-7-5-14(6-8-16)20(25)17-4-2-12-30-17/h2,4-8,12,15H,1,3,9-11,13H2,(H,26,27). The number of sulfone groups is 1. The largest absolute Gasteiger partial charge is 0.481 e. The minimum absolute atomic E-state index is 0.0145. The molecule has 3 rings (SSSR count). The third-order valence-corrected chi connectivity index (χ3v) is 7.78. The summed E-state index contributed by atoms with van der Waals surface area (Å²) < 4.78 is 25.4.